The monoisotopic (exact) mass is 281 g/mol. The van der Waals surface area contributed by atoms with Crippen LogP contribution in [0.2, 0.25) is 0 Å². The summed E-state index contributed by atoms with van der Waals surface area (Å²) in [5.41, 5.74) is 6.15. The Labute approximate surface area is 123 Å². The molecule has 0 spiro atoms. The van der Waals surface area contributed by atoms with E-state index in [2.05, 4.69) is 23.8 Å². The maximum atomic E-state index is 12.5. The van der Waals surface area contributed by atoms with Crippen LogP contribution in [-0.2, 0) is 4.79 Å². The van der Waals surface area contributed by atoms with Crippen molar-refractivity contribution in [3.8, 4) is 0 Å². The maximum Gasteiger partial charge on any atom is 0.236 e. The molecule has 0 radical (unpaired) electrons. The summed E-state index contributed by atoms with van der Waals surface area (Å²) in [5, 5.41) is 0. The summed E-state index contributed by atoms with van der Waals surface area (Å²) >= 11 is 0. The fraction of sp³-hybridized carbons (Fsp3) is 0.938. The molecule has 2 rings (SSSR count). The van der Waals surface area contributed by atoms with Gasteiger partial charge in [0.05, 0.1) is 6.54 Å². The highest BCUT2D eigenvalue weighted by molar-refractivity contribution is 5.79. The van der Waals surface area contributed by atoms with E-state index in [1.54, 1.807) is 0 Å². The van der Waals surface area contributed by atoms with Crippen molar-refractivity contribution in [3.63, 3.8) is 0 Å². The molecule has 2 fully saturated rings. The van der Waals surface area contributed by atoms with Crippen LogP contribution < -0.4 is 5.73 Å². The number of carbonyl (C=O) groups is 1. The molecule has 2 N–H and O–H groups in total. The zero-order valence-electron chi connectivity index (χ0n) is 13.2. The molecule has 0 atom stereocenters. The smallest absolute Gasteiger partial charge is 0.236 e. The molecule has 0 aromatic heterocycles. The minimum Gasteiger partial charge on any atom is -0.339 e. The first-order valence-electron chi connectivity index (χ1n) is 8.34. The SMILES string of the molecule is CCN(C(=O)CN(C)C1(CN)CCCCCC1)C1CC1. The van der Waals surface area contributed by atoms with Gasteiger partial charge in [-0.2, -0.15) is 0 Å². The lowest BCUT2D eigenvalue weighted by atomic mass is 9.88. The van der Waals surface area contributed by atoms with E-state index < -0.39 is 0 Å². The average molecular weight is 281 g/mol. The highest BCUT2D eigenvalue weighted by Crippen LogP contribution is 2.32. The molecule has 4 nitrogen and oxygen atoms in total. The van der Waals surface area contributed by atoms with Crippen LogP contribution in [0.4, 0.5) is 0 Å². The Bertz CT molecular complexity index is 320. The van der Waals surface area contributed by atoms with E-state index >= 15 is 0 Å². The van der Waals surface area contributed by atoms with Gasteiger partial charge < -0.3 is 10.6 Å². The van der Waals surface area contributed by atoms with Gasteiger partial charge in [0.15, 0.2) is 0 Å². The van der Waals surface area contributed by atoms with Gasteiger partial charge >= 0.3 is 0 Å². The highest BCUT2D eigenvalue weighted by Gasteiger charge is 2.37. The van der Waals surface area contributed by atoms with Crippen molar-refractivity contribution in [1.82, 2.24) is 9.80 Å². The third-order valence-corrected chi connectivity index (χ3v) is 5.25. The lowest BCUT2D eigenvalue weighted by molar-refractivity contribution is -0.134. The van der Waals surface area contributed by atoms with Crippen LogP contribution in [0.3, 0.4) is 0 Å². The second-order valence-electron chi connectivity index (χ2n) is 6.61. The van der Waals surface area contributed by atoms with E-state index in [-0.39, 0.29) is 11.4 Å². The standard InChI is InChI=1S/C16H31N3O/c1-3-19(14-8-9-14)15(20)12-18(2)16(13-17)10-6-4-5-7-11-16/h14H,3-13,17H2,1-2H3. The number of amides is 1. The Balaban J connectivity index is 1.96. The minimum atomic E-state index is 0.0507. The van der Waals surface area contributed by atoms with Gasteiger partial charge in [0.25, 0.3) is 0 Å². The van der Waals surface area contributed by atoms with Gasteiger partial charge in [-0.25, -0.2) is 0 Å². The first-order valence-corrected chi connectivity index (χ1v) is 8.34. The summed E-state index contributed by atoms with van der Waals surface area (Å²) in [6.07, 6.45) is 9.77. The molecule has 0 aromatic rings. The number of nitrogens with two attached hydrogens (primary N) is 1. The first kappa shape index (κ1) is 15.8. The van der Waals surface area contributed by atoms with E-state index in [4.69, 9.17) is 5.73 Å². The topological polar surface area (TPSA) is 49.6 Å². The van der Waals surface area contributed by atoms with Crippen molar-refractivity contribution in [2.45, 2.75) is 69.9 Å². The normalized spacial score (nSPS) is 22.6. The van der Waals surface area contributed by atoms with Crippen LogP contribution in [-0.4, -0.2) is 54.0 Å². The molecular weight excluding hydrogens is 250 g/mol. The van der Waals surface area contributed by atoms with E-state index in [0.717, 1.165) is 19.4 Å². The zero-order chi connectivity index (χ0) is 14.6. The number of hydrogen-bond donors (Lipinski definition) is 1. The lowest BCUT2D eigenvalue weighted by Gasteiger charge is -2.41. The molecular formula is C16H31N3O. The van der Waals surface area contributed by atoms with Gasteiger partial charge in [0.2, 0.25) is 5.91 Å². The molecule has 0 unspecified atom stereocenters. The van der Waals surface area contributed by atoms with Crippen molar-refractivity contribution in [2.24, 2.45) is 5.73 Å². The average Bonchev–Trinajstić information content (AvgIpc) is 3.26. The van der Waals surface area contributed by atoms with Gasteiger partial charge in [0, 0.05) is 24.7 Å². The molecule has 4 heteroatoms. The van der Waals surface area contributed by atoms with Crippen LogP contribution in [0.1, 0.15) is 58.3 Å². The van der Waals surface area contributed by atoms with Gasteiger partial charge in [-0.1, -0.05) is 25.7 Å². The van der Waals surface area contributed by atoms with Crippen molar-refractivity contribution in [2.75, 3.05) is 26.7 Å². The van der Waals surface area contributed by atoms with Gasteiger partial charge in [-0.3, -0.25) is 9.69 Å². The molecule has 0 aromatic carbocycles. The van der Waals surface area contributed by atoms with Crippen molar-refractivity contribution < 1.29 is 4.79 Å². The van der Waals surface area contributed by atoms with Crippen LogP contribution >= 0.6 is 0 Å². The summed E-state index contributed by atoms with van der Waals surface area (Å²) in [5.74, 6) is 0.287. The quantitative estimate of drug-likeness (QED) is 0.757. The number of hydrogen-bond acceptors (Lipinski definition) is 3. The Morgan fingerprint density at radius 2 is 1.80 bits per heavy atom. The van der Waals surface area contributed by atoms with Crippen LogP contribution in [0.15, 0.2) is 0 Å². The maximum absolute atomic E-state index is 12.5. The fourth-order valence-electron chi connectivity index (χ4n) is 3.61. The fourth-order valence-corrected chi connectivity index (χ4v) is 3.61. The van der Waals surface area contributed by atoms with E-state index in [1.807, 2.05) is 0 Å². The third-order valence-electron chi connectivity index (χ3n) is 5.25. The van der Waals surface area contributed by atoms with E-state index in [1.165, 1.54) is 38.5 Å². The predicted molar refractivity (Wildman–Crippen MR) is 82.5 cm³/mol. The van der Waals surface area contributed by atoms with Crippen LogP contribution in [0.25, 0.3) is 0 Å². The molecule has 0 heterocycles. The van der Waals surface area contributed by atoms with E-state index in [0.29, 0.717) is 19.1 Å². The summed E-state index contributed by atoms with van der Waals surface area (Å²) in [6, 6.07) is 0.517. The Morgan fingerprint density at radius 3 is 2.25 bits per heavy atom. The van der Waals surface area contributed by atoms with Crippen LogP contribution in [0.5, 0.6) is 0 Å². The second kappa shape index (κ2) is 6.90. The molecule has 116 valence electrons. The zero-order valence-corrected chi connectivity index (χ0v) is 13.2. The number of nitrogens with zero attached hydrogens (tertiary/aromatic N) is 2. The summed E-state index contributed by atoms with van der Waals surface area (Å²) in [4.78, 5) is 16.8. The summed E-state index contributed by atoms with van der Waals surface area (Å²) in [7, 11) is 2.09. The van der Waals surface area contributed by atoms with Crippen molar-refractivity contribution >= 4 is 5.91 Å². The summed E-state index contributed by atoms with van der Waals surface area (Å²) < 4.78 is 0. The van der Waals surface area contributed by atoms with Crippen LogP contribution in [0, 0.1) is 0 Å². The van der Waals surface area contributed by atoms with E-state index in [9.17, 15) is 4.79 Å². The Morgan fingerprint density at radius 1 is 1.20 bits per heavy atom. The van der Waals surface area contributed by atoms with Gasteiger partial charge in [0.1, 0.15) is 0 Å². The first-order chi connectivity index (χ1) is 9.63. The predicted octanol–water partition coefficient (Wildman–Crippen LogP) is 1.98. The second-order valence-corrected chi connectivity index (χ2v) is 6.61. The molecule has 2 saturated carbocycles. The highest BCUT2D eigenvalue weighted by atomic mass is 16.2. The molecule has 0 bridgehead atoms. The van der Waals surface area contributed by atoms with Crippen molar-refractivity contribution in [1.29, 1.82) is 0 Å². The van der Waals surface area contributed by atoms with Crippen molar-refractivity contribution in [3.05, 3.63) is 0 Å². The number of rotatable bonds is 6. The molecule has 20 heavy (non-hydrogen) atoms. The van der Waals surface area contributed by atoms with Gasteiger partial charge in [-0.15, -0.1) is 0 Å². The molecule has 0 aliphatic heterocycles. The summed E-state index contributed by atoms with van der Waals surface area (Å²) in [6.45, 7) is 4.13. The lowest BCUT2D eigenvalue weighted by Crippen LogP contribution is -2.55. The molecule has 2 aliphatic rings. The minimum absolute atomic E-state index is 0.0507. The molecule has 2 aliphatic carbocycles. The Hall–Kier alpha value is -0.610. The molecule has 1 amide bonds. The largest absolute Gasteiger partial charge is 0.339 e. The number of likely N-dealkylation sites (N-methyl/N-ethyl adjacent to an activating group) is 2. The third kappa shape index (κ3) is 3.53. The Kier molecular flexibility index (Phi) is 5.44. The van der Waals surface area contributed by atoms with Gasteiger partial charge in [-0.05, 0) is 39.7 Å². The molecule has 0 saturated heterocycles. The number of carbonyl (C=O) groups excluding carboxylic acids is 1.